The highest BCUT2D eigenvalue weighted by Gasteiger charge is 2.40. The van der Waals surface area contributed by atoms with Gasteiger partial charge in [-0.2, -0.15) is 13.2 Å². The summed E-state index contributed by atoms with van der Waals surface area (Å²) in [6, 6.07) is 0.726. The van der Waals surface area contributed by atoms with Crippen molar-refractivity contribution >= 4 is 5.78 Å². The van der Waals surface area contributed by atoms with Crippen LogP contribution in [-0.2, 0) is 7.05 Å². The lowest BCUT2D eigenvalue weighted by atomic mass is 10.3. The van der Waals surface area contributed by atoms with Gasteiger partial charge in [-0.25, -0.2) is 0 Å². The Balaban J connectivity index is 3.16. The fourth-order valence-electron chi connectivity index (χ4n) is 0.764. The van der Waals surface area contributed by atoms with Gasteiger partial charge in [-0.15, -0.1) is 0 Å². The molecule has 0 fully saturated rings. The maximum absolute atomic E-state index is 11.9. The van der Waals surface area contributed by atoms with Gasteiger partial charge in [0.25, 0.3) is 5.78 Å². The summed E-state index contributed by atoms with van der Waals surface area (Å²) in [6.07, 6.45) is -3.68. The summed E-state index contributed by atoms with van der Waals surface area (Å²) >= 11 is 0. The van der Waals surface area contributed by atoms with Crippen molar-refractivity contribution in [1.29, 1.82) is 0 Å². The monoisotopic (exact) mass is 178 g/mol. The van der Waals surface area contributed by atoms with Gasteiger partial charge in [0.05, 0.1) is 7.06 Å². The number of halogens is 3. The first-order valence-electron chi connectivity index (χ1n) is 3.57. The van der Waals surface area contributed by atoms with Gasteiger partial charge in [-0.05, 0) is 12.1 Å². The van der Waals surface area contributed by atoms with E-state index in [2.05, 4.69) is 0 Å². The van der Waals surface area contributed by atoms with E-state index >= 15 is 0 Å². The number of hydrogen-bond donors (Lipinski definition) is 0. The van der Waals surface area contributed by atoms with E-state index in [1.807, 2.05) is 0 Å². The Morgan fingerprint density at radius 2 is 2.25 bits per heavy atom. The normalized spacial score (nSPS) is 12.8. The van der Waals surface area contributed by atoms with Crippen LogP contribution < -0.4 is 0 Å². The number of aryl methyl sites for hydroxylation is 1. The van der Waals surface area contributed by atoms with E-state index < -0.39 is 23.7 Å². The lowest BCUT2D eigenvalue weighted by molar-refractivity contribution is -0.0890. The van der Waals surface area contributed by atoms with Crippen molar-refractivity contribution in [3.8, 4) is 0 Å². The van der Waals surface area contributed by atoms with Crippen molar-refractivity contribution in [2.45, 2.75) is 6.18 Å². The smallest absolute Gasteiger partial charge is 0.348 e. The standard InChI is InChI=1S/C7H6F3NO/c1-11-4-2-3-5(11)6(12)7(8,9)10/h2-4H,1H3/i3D. The number of alkyl halides is 3. The molecule has 0 radical (unpaired) electrons. The van der Waals surface area contributed by atoms with Gasteiger partial charge in [-0.1, -0.05) is 0 Å². The van der Waals surface area contributed by atoms with Crippen LogP contribution in [0.2, 0.25) is 0 Å². The van der Waals surface area contributed by atoms with Crippen LogP contribution >= 0.6 is 0 Å². The number of hydrogen-bond acceptors (Lipinski definition) is 1. The maximum Gasteiger partial charge on any atom is 0.456 e. The predicted molar refractivity (Wildman–Crippen MR) is 35.8 cm³/mol. The summed E-state index contributed by atoms with van der Waals surface area (Å²) in [5.41, 5.74) is -0.632. The Morgan fingerprint density at radius 3 is 2.58 bits per heavy atom. The second-order valence-electron chi connectivity index (χ2n) is 2.25. The van der Waals surface area contributed by atoms with Gasteiger partial charge >= 0.3 is 6.18 Å². The number of ketones is 1. The molecule has 0 saturated carbocycles. The number of Topliss-reactive ketones (excluding diaryl/α,β-unsaturated/α-hetero) is 1. The van der Waals surface area contributed by atoms with Crippen LogP contribution in [0.5, 0.6) is 0 Å². The summed E-state index contributed by atoms with van der Waals surface area (Å²) < 4.78 is 43.8. The molecule has 0 spiro atoms. The van der Waals surface area contributed by atoms with Gasteiger partial charge in [0.15, 0.2) is 0 Å². The average molecular weight is 178 g/mol. The molecule has 0 saturated heterocycles. The highest BCUT2D eigenvalue weighted by Crippen LogP contribution is 2.20. The molecule has 1 rings (SSSR count). The van der Waals surface area contributed by atoms with E-state index in [0.717, 1.165) is 10.6 Å². The fraction of sp³-hybridized carbons (Fsp3) is 0.286. The van der Waals surface area contributed by atoms with Crippen molar-refractivity contribution in [1.82, 2.24) is 4.57 Å². The topological polar surface area (TPSA) is 22.0 Å². The summed E-state index contributed by atoms with van der Waals surface area (Å²) in [7, 11) is 1.29. The van der Waals surface area contributed by atoms with Crippen molar-refractivity contribution in [3.63, 3.8) is 0 Å². The number of aromatic nitrogens is 1. The second kappa shape index (κ2) is 2.66. The van der Waals surface area contributed by atoms with Crippen molar-refractivity contribution in [2.24, 2.45) is 7.05 Å². The Morgan fingerprint density at radius 1 is 1.67 bits per heavy atom. The molecule has 2 nitrogen and oxygen atoms in total. The molecule has 0 unspecified atom stereocenters. The van der Waals surface area contributed by atoms with E-state index in [-0.39, 0.29) is 0 Å². The lowest BCUT2D eigenvalue weighted by Gasteiger charge is -2.05. The highest BCUT2D eigenvalue weighted by atomic mass is 19.4. The van der Waals surface area contributed by atoms with Gasteiger partial charge in [-0.3, -0.25) is 4.79 Å². The Kier molecular flexibility index (Phi) is 1.64. The van der Waals surface area contributed by atoms with Crippen molar-refractivity contribution in [2.75, 3.05) is 0 Å². The zero-order valence-corrected chi connectivity index (χ0v) is 6.14. The predicted octanol–water partition coefficient (Wildman–Crippen LogP) is 1.77. The van der Waals surface area contributed by atoms with E-state index in [0.29, 0.717) is 0 Å². The third-order valence-corrected chi connectivity index (χ3v) is 1.34. The molecule has 0 aliphatic carbocycles. The van der Waals surface area contributed by atoms with Crippen LogP contribution in [0.4, 0.5) is 13.2 Å². The first kappa shape index (κ1) is 7.39. The maximum atomic E-state index is 11.9. The molecular weight excluding hydrogens is 171 g/mol. The zero-order chi connectivity index (χ0) is 10.2. The van der Waals surface area contributed by atoms with Gasteiger partial charge in [0.1, 0.15) is 0 Å². The Labute approximate surface area is 68.0 Å². The molecule has 66 valence electrons. The van der Waals surface area contributed by atoms with Crippen LogP contribution in [0, 0.1) is 0 Å². The summed E-state index contributed by atoms with van der Waals surface area (Å²) in [5.74, 6) is -1.98. The number of rotatable bonds is 1. The summed E-state index contributed by atoms with van der Waals surface area (Å²) in [5, 5.41) is 0. The van der Waals surface area contributed by atoms with E-state index in [1.54, 1.807) is 0 Å². The third-order valence-electron chi connectivity index (χ3n) is 1.34. The number of nitrogens with zero attached hydrogens (tertiary/aromatic N) is 1. The lowest BCUT2D eigenvalue weighted by Crippen LogP contribution is -2.24. The second-order valence-corrected chi connectivity index (χ2v) is 2.25. The Bertz CT molecular complexity index is 322. The molecule has 0 bridgehead atoms. The minimum absolute atomic E-state index is 0.412. The van der Waals surface area contributed by atoms with Crippen LogP contribution in [0.1, 0.15) is 11.9 Å². The highest BCUT2D eigenvalue weighted by molar-refractivity contribution is 5.98. The molecule has 0 aliphatic rings. The molecule has 0 atom stereocenters. The SMILES string of the molecule is [2H]c1ccn(C)c1C(=O)C(F)(F)F. The largest absolute Gasteiger partial charge is 0.456 e. The van der Waals surface area contributed by atoms with E-state index in [1.165, 1.54) is 13.2 Å². The fourth-order valence-corrected chi connectivity index (χ4v) is 0.764. The molecule has 0 aliphatic heterocycles. The molecule has 0 amide bonds. The van der Waals surface area contributed by atoms with Crippen LogP contribution in [0.25, 0.3) is 0 Å². The van der Waals surface area contributed by atoms with Crippen LogP contribution in [0.3, 0.4) is 0 Å². The molecule has 12 heavy (non-hydrogen) atoms. The summed E-state index contributed by atoms with van der Waals surface area (Å²) in [4.78, 5) is 10.7. The Hall–Kier alpha value is -1.26. The minimum atomic E-state index is -4.91. The number of carbonyl (C=O) groups excluding carboxylic acids is 1. The van der Waals surface area contributed by atoms with Gasteiger partial charge < -0.3 is 4.57 Å². The molecule has 1 aromatic rings. The first-order chi connectivity index (χ1) is 5.84. The number of carbonyl (C=O) groups is 1. The van der Waals surface area contributed by atoms with Crippen molar-refractivity contribution < 1.29 is 19.3 Å². The molecule has 1 aromatic heterocycles. The van der Waals surface area contributed by atoms with Crippen molar-refractivity contribution in [3.05, 3.63) is 24.0 Å². The molecule has 0 N–H and O–H groups in total. The summed E-state index contributed by atoms with van der Waals surface area (Å²) in [6.45, 7) is 0. The van der Waals surface area contributed by atoms with Gasteiger partial charge in [0, 0.05) is 13.2 Å². The van der Waals surface area contributed by atoms with Crippen LogP contribution in [0.15, 0.2) is 18.3 Å². The molecule has 0 aromatic carbocycles. The molecule has 5 heteroatoms. The van der Waals surface area contributed by atoms with E-state index in [4.69, 9.17) is 1.37 Å². The molecule has 1 heterocycles. The quantitative estimate of drug-likeness (QED) is 0.600. The van der Waals surface area contributed by atoms with Gasteiger partial charge in [0.2, 0.25) is 0 Å². The first-order valence-corrected chi connectivity index (χ1v) is 3.07. The van der Waals surface area contributed by atoms with E-state index in [9.17, 15) is 18.0 Å². The molecular formula is C7H6F3NO. The minimum Gasteiger partial charge on any atom is -0.348 e. The zero-order valence-electron chi connectivity index (χ0n) is 7.14. The van der Waals surface area contributed by atoms with Crippen LogP contribution in [-0.4, -0.2) is 16.5 Å². The third kappa shape index (κ3) is 1.49. The average Bonchev–Trinajstić information content (AvgIpc) is 2.28.